The summed E-state index contributed by atoms with van der Waals surface area (Å²) in [5, 5.41) is 4.13. The van der Waals surface area contributed by atoms with Crippen LogP contribution in [-0.2, 0) is 0 Å². The summed E-state index contributed by atoms with van der Waals surface area (Å²) < 4.78 is 7.21. The molecule has 4 heteroatoms. The molecule has 0 saturated heterocycles. The van der Waals surface area contributed by atoms with E-state index in [0.29, 0.717) is 0 Å². The van der Waals surface area contributed by atoms with Gasteiger partial charge in [-0.05, 0) is 38.2 Å². The third-order valence-electron chi connectivity index (χ3n) is 3.91. The maximum Gasteiger partial charge on any atom is 0.127 e. The van der Waals surface area contributed by atoms with E-state index in [0.717, 1.165) is 27.2 Å². The van der Waals surface area contributed by atoms with E-state index in [1.807, 2.05) is 31.3 Å². The minimum atomic E-state index is -0.0392. The molecule has 3 rings (SSSR count). The van der Waals surface area contributed by atoms with Crippen molar-refractivity contribution in [1.29, 1.82) is 0 Å². The van der Waals surface area contributed by atoms with Gasteiger partial charge in [0.15, 0.2) is 0 Å². The first-order valence-electron chi connectivity index (χ1n) is 6.98. The molecule has 0 aromatic heterocycles. The van der Waals surface area contributed by atoms with Gasteiger partial charge >= 0.3 is 0 Å². The summed E-state index contributed by atoms with van der Waals surface area (Å²) in [4.78, 5) is 0. The fourth-order valence-electron chi connectivity index (χ4n) is 2.82. The zero-order valence-electron chi connectivity index (χ0n) is 12.0. The average molecular weight is 367 g/mol. The number of benzene rings is 2. The van der Waals surface area contributed by atoms with E-state index in [1.54, 1.807) is 0 Å². The van der Waals surface area contributed by atoms with E-state index in [1.165, 1.54) is 11.1 Å². The van der Waals surface area contributed by atoms with Crippen LogP contribution in [0.25, 0.3) is 0 Å². The van der Waals surface area contributed by atoms with Gasteiger partial charge in [0.05, 0.1) is 0 Å². The fourth-order valence-corrected chi connectivity index (χ4v) is 3.43. The highest BCUT2D eigenvalue weighted by Crippen LogP contribution is 2.43. The summed E-state index contributed by atoms with van der Waals surface area (Å²) in [5.74, 6) is 0.937. The maximum absolute atomic E-state index is 6.35. The van der Waals surface area contributed by atoms with Crippen LogP contribution in [0.5, 0.6) is 5.75 Å². The van der Waals surface area contributed by atoms with Gasteiger partial charge in [-0.15, -0.1) is 0 Å². The Morgan fingerprint density at radius 1 is 1.19 bits per heavy atom. The molecule has 0 bridgehead atoms. The zero-order valence-corrected chi connectivity index (χ0v) is 14.3. The van der Waals surface area contributed by atoms with Crippen molar-refractivity contribution < 1.29 is 4.74 Å². The molecule has 110 valence electrons. The summed E-state index contributed by atoms with van der Waals surface area (Å²) in [6, 6.07) is 12.5. The van der Waals surface area contributed by atoms with Crippen molar-refractivity contribution in [2.45, 2.75) is 25.5 Å². The van der Waals surface area contributed by atoms with Crippen molar-refractivity contribution >= 4 is 27.5 Å². The minimum absolute atomic E-state index is 0.0392. The number of nitrogens with one attached hydrogen (secondary N) is 1. The number of fused-ring (bicyclic) bond motifs is 1. The highest BCUT2D eigenvalue weighted by molar-refractivity contribution is 9.10. The summed E-state index contributed by atoms with van der Waals surface area (Å²) in [5.41, 5.74) is 3.49. The van der Waals surface area contributed by atoms with E-state index < -0.39 is 0 Å². The van der Waals surface area contributed by atoms with E-state index in [9.17, 15) is 0 Å². The van der Waals surface area contributed by atoms with Crippen LogP contribution in [0.2, 0.25) is 5.02 Å². The second-order valence-corrected chi connectivity index (χ2v) is 6.71. The Labute approximate surface area is 138 Å². The second-order valence-electron chi connectivity index (χ2n) is 5.39. The molecule has 0 radical (unpaired) electrons. The Bertz CT molecular complexity index is 674. The molecule has 2 atom stereocenters. The first kappa shape index (κ1) is 14.9. The van der Waals surface area contributed by atoms with E-state index in [2.05, 4.69) is 40.3 Å². The Hall–Kier alpha value is -1.03. The molecular weight excluding hydrogens is 350 g/mol. The SMILES string of the molecule is CNC1CC(c2cc(Br)ccc2Cl)Oc2ccc(C)cc21. The molecule has 2 aromatic carbocycles. The monoisotopic (exact) mass is 365 g/mol. The summed E-state index contributed by atoms with van der Waals surface area (Å²) in [7, 11) is 1.99. The third kappa shape index (κ3) is 2.96. The molecule has 1 aliphatic rings. The quantitative estimate of drug-likeness (QED) is 0.789. The molecule has 0 aliphatic carbocycles. The molecule has 21 heavy (non-hydrogen) atoms. The van der Waals surface area contributed by atoms with Crippen LogP contribution in [0.4, 0.5) is 0 Å². The van der Waals surface area contributed by atoms with Gasteiger partial charge in [-0.25, -0.2) is 0 Å². The third-order valence-corrected chi connectivity index (χ3v) is 4.75. The van der Waals surface area contributed by atoms with E-state index >= 15 is 0 Å². The Morgan fingerprint density at radius 2 is 2.00 bits per heavy atom. The van der Waals surface area contributed by atoms with Crippen LogP contribution < -0.4 is 10.1 Å². The Balaban J connectivity index is 2.00. The first-order valence-corrected chi connectivity index (χ1v) is 8.15. The highest BCUT2D eigenvalue weighted by atomic mass is 79.9. The number of rotatable bonds is 2. The van der Waals surface area contributed by atoms with Crippen molar-refractivity contribution in [2.75, 3.05) is 7.05 Å². The fraction of sp³-hybridized carbons (Fsp3) is 0.294. The van der Waals surface area contributed by atoms with Crippen LogP contribution in [0.3, 0.4) is 0 Å². The number of aryl methyl sites for hydroxylation is 1. The molecule has 0 amide bonds. The number of hydrogen-bond acceptors (Lipinski definition) is 2. The number of hydrogen-bond donors (Lipinski definition) is 1. The van der Waals surface area contributed by atoms with Gasteiger partial charge in [-0.3, -0.25) is 0 Å². The largest absolute Gasteiger partial charge is 0.485 e. The van der Waals surface area contributed by atoms with Crippen molar-refractivity contribution in [3.8, 4) is 5.75 Å². The van der Waals surface area contributed by atoms with Crippen molar-refractivity contribution in [3.63, 3.8) is 0 Å². The lowest BCUT2D eigenvalue weighted by molar-refractivity contribution is 0.154. The van der Waals surface area contributed by atoms with Crippen LogP contribution in [0.15, 0.2) is 40.9 Å². The number of halogens is 2. The van der Waals surface area contributed by atoms with Gasteiger partial charge in [0.1, 0.15) is 11.9 Å². The smallest absolute Gasteiger partial charge is 0.127 e. The molecule has 1 heterocycles. The standard InChI is InChI=1S/C17H17BrClNO/c1-10-3-6-16-13(7-10)15(20-2)9-17(21-16)12-8-11(18)4-5-14(12)19/h3-8,15,17,20H,9H2,1-2H3. The second kappa shape index (κ2) is 5.99. The van der Waals surface area contributed by atoms with Gasteiger partial charge in [-0.2, -0.15) is 0 Å². The molecule has 1 aliphatic heterocycles. The predicted molar refractivity (Wildman–Crippen MR) is 90.1 cm³/mol. The lowest BCUT2D eigenvalue weighted by Crippen LogP contribution is -2.27. The predicted octanol–water partition coefficient (Wildman–Crippen LogP) is 5.20. The maximum atomic E-state index is 6.35. The van der Waals surface area contributed by atoms with Gasteiger partial charge < -0.3 is 10.1 Å². The van der Waals surface area contributed by atoms with Crippen LogP contribution in [0.1, 0.15) is 35.3 Å². The molecular formula is C17H17BrClNO. The average Bonchev–Trinajstić information content (AvgIpc) is 2.48. The molecule has 2 unspecified atom stereocenters. The van der Waals surface area contributed by atoms with Gasteiger partial charge in [-0.1, -0.05) is 45.2 Å². The molecule has 1 N–H and O–H groups in total. The molecule has 2 aromatic rings. The first-order chi connectivity index (χ1) is 10.1. The van der Waals surface area contributed by atoms with Gasteiger partial charge in [0.25, 0.3) is 0 Å². The minimum Gasteiger partial charge on any atom is -0.485 e. The van der Waals surface area contributed by atoms with E-state index in [4.69, 9.17) is 16.3 Å². The lowest BCUT2D eigenvalue weighted by atomic mass is 9.92. The lowest BCUT2D eigenvalue weighted by Gasteiger charge is -2.33. The van der Waals surface area contributed by atoms with Crippen LogP contribution in [-0.4, -0.2) is 7.05 Å². The topological polar surface area (TPSA) is 21.3 Å². The normalized spacial score (nSPS) is 20.8. The van der Waals surface area contributed by atoms with Crippen molar-refractivity contribution in [2.24, 2.45) is 0 Å². The van der Waals surface area contributed by atoms with Gasteiger partial charge in [0, 0.05) is 33.1 Å². The van der Waals surface area contributed by atoms with Crippen molar-refractivity contribution in [1.82, 2.24) is 5.32 Å². The summed E-state index contributed by atoms with van der Waals surface area (Å²) in [6.45, 7) is 2.10. The summed E-state index contributed by atoms with van der Waals surface area (Å²) >= 11 is 9.86. The summed E-state index contributed by atoms with van der Waals surface area (Å²) in [6.07, 6.45) is 0.825. The Kier molecular flexibility index (Phi) is 4.25. The molecule has 2 nitrogen and oxygen atoms in total. The molecule has 0 fully saturated rings. The molecule has 0 spiro atoms. The van der Waals surface area contributed by atoms with Gasteiger partial charge in [0.2, 0.25) is 0 Å². The zero-order chi connectivity index (χ0) is 15.0. The molecule has 0 saturated carbocycles. The van der Waals surface area contributed by atoms with Crippen LogP contribution in [0, 0.1) is 6.92 Å². The van der Waals surface area contributed by atoms with E-state index in [-0.39, 0.29) is 12.1 Å². The highest BCUT2D eigenvalue weighted by Gasteiger charge is 2.29. The van der Waals surface area contributed by atoms with Crippen molar-refractivity contribution in [3.05, 3.63) is 62.6 Å². The number of ether oxygens (including phenoxy) is 1. The van der Waals surface area contributed by atoms with Crippen LogP contribution >= 0.6 is 27.5 Å². The Morgan fingerprint density at radius 3 is 2.76 bits per heavy atom.